The number of hydrogen-bond acceptors (Lipinski definition) is 3. The van der Waals surface area contributed by atoms with Crippen LogP contribution in [0.5, 0.6) is 0 Å². The minimum absolute atomic E-state index is 0. The van der Waals surface area contributed by atoms with E-state index in [4.69, 9.17) is 5.73 Å². The SMILES string of the molecule is Cc1ccc(C)c(S(=O)(=O)N[C@H](C)CN)c1.Cl. The largest absolute Gasteiger partial charge is 0.329 e. The molecule has 6 heteroatoms. The number of benzene rings is 1. The van der Waals surface area contributed by atoms with Gasteiger partial charge in [0.25, 0.3) is 0 Å². The van der Waals surface area contributed by atoms with Crippen molar-refractivity contribution in [3.63, 3.8) is 0 Å². The number of hydrogen-bond donors (Lipinski definition) is 2. The van der Waals surface area contributed by atoms with Gasteiger partial charge in [-0.05, 0) is 38.0 Å². The number of halogens is 1. The van der Waals surface area contributed by atoms with Crippen LogP contribution >= 0.6 is 12.4 Å². The van der Waals surface area contributed by atoms with Gasteiger partial charge in [0.1, 0.15) is 0 Å². The van der Waals surface area contributed by atoms with E-state index in [-0.39, 0.29) is 25.0 Å². The minimum atomic E-state index is -3.45. The summed E-state index contributed by atoms with van der Waals surface area (Å²) in [6, 6.07) is 5.10. The first kappa shape index (κ1) is 16.4. The van der Waals surface area contributed by atoms with E-state index >= 15 is 0 Å². The zero-order valence-electron chi connectivity index (χ0n) is 10.2. The van der Waals surface area contributed by atoms with Gasteiger partial charge in [-0.25, -0.2) is 13.1 Å². The first-order valence-electron chi connectivity index (χ1n) is 5.16. The Morgan fingerprint density at radius 2 is 1.94 bits per heavy atom. The number of aryl methyl sites for hydroxylation is 2. The number of rotatable bonds is 4. The van der Waals surface area contributed by atoms with Crippen LogP contribution in [-0.2, 0) is 10.0 Å². The lowest BCUT2D eigenvalue weighted by Crippen LogP contribution is -2.38. The smallest absolute Gasteiger partial charge is 0.241 e. The summed E-state index contributed by atoms with van der Waals surface area (Å²) in [4.78, 5) is 0.327. The number of sulfonamides is 1. The quantitative estimate of drug-likeness (QED) is 0.873. The highest BCUT2D eigenvalue weighted by Gasteiger charge is 2.18. The van der Waals surface area contributed by atoms with Crippen molar-refractivity contribution in [3.05, 3.63) is 29.3 Å². The molecule has 17 heavy (non-hydrogen) atoms. The maximum atomic E-state index is 12.0. The van der Waals surface area contributed by atoms with Gasteiger partial charge >= 0.3 is 0 Å². The standard InChI is InChI=1S/C11H18N2O2S.ClH/c1-8-4-5-9(2)11(6-8)16(14,15)13-10(3)7-12;/h4-6,10,13H,7,12H2,1-3H3;1H/t10-;/m1./s1. The van der Waals surface area contributed by atoms with Crippen LogP contribution in [0.25, 0.3) is 0 Å². The highest BCUT2D eigenvalue weighted by molar-refractivity contribution is 7.89. The summed E-state index contributed by atoms with van der Waals surface area (Å²) in [7, 11) is -3.45. The molecule has 0 aliphatic carbocycles. The highest BCUT2D eigenvalue weighted by atomic mass is 35.5. The van der Waals surface area contributed by atoms with Crippen molar-refractivity contribution in [2.45, 2.75) is 31.7 Å². The van der Waals surface area contributed by atoms with Crippen LogP contribution in [0, 0.1) is 13.8 Å². The molecule has 1 atom stereocenters. The van der Waals surface area contributed by atoms with Crippen LogP contribution in [0.3, 0.4) is 0 Å². The zero-order valence-corrected chi connectivity index (χ0v) is 11.9. The van der Waals surface area contributed by atoms with E-state index in [9.17, 15) is 8.42 Å². The molecule has 0 bridgehead atoms. The average Bonchev–Trinajstić information content (AvgIpc) is 2.20. The third-order valence-corrected chi connectivity index (χ3v) is 4.07. The molecule has 0 amide bonds. The molecule has 0 unspecified atom stereocenters. The van der Waals surface area contributed by atoms with Crippen LogP contribution in [0.4, 0.5) is 0 Å². The molecule has 0 fully saturated rings. The summed E-state index contributed by atoms with van der Waals surface area (Å²) in [6.45, 7) is 5.67. The Morgan fingerprint density at radius 3 is 2.47 bits per heavy atom. The second-order valence-electron chi connectivity index (χ2n) is 4.03. The Bertz CT molecular complexity index is 474. The van der Waals surface area contributed by atoms with E-state index in [1.165, 1.54) is 0 Å². The second kappa shape index (κ2) is 6.35. The number of nitrogens with two attached hydrogens (primary N) is 1. The zero-order chi connectivity index (χ0) is 12.3. The molecule has 0 aromatic heterocycles. The van der Waals surface area contributed by atoms with Crippen molar-refractivity contribution >= 4 is 22.4 Å². The van der Waals surface area contributed by atoms with Crippen molar-refractivity contribution < 1.29 is 8.42 Å². The van der Waals surface area contributed by atoms with Gasteiger partial charge in [0, 0.05) is 12.6 Å². The molecule has 0 spiro atoms. The van der Waals surface area contributed by atoms with Gasteiger partial charge in [-0.1, -0.05) is 12.1 Å². The lowest BCUT2D eigenvalue weighted by atomic mass is 10.2. The van der Waals surface area contributed by atoms with Gasteiger partial charge in [-0.3, -0.25) is 0 Å². The topological polar surface area (TPSA) is 72.2 Å². The van der Waals surface area contributed by atoms with Crippen molar-refractivity contribution in [1.29, 1.82) is 0 Å². The summed E-state index contributed by atoms with van der Waals surface area (Å²) in [6.07, 6.45) is 0. The molecule has 3 N–H and O–H groups in total. The highest BCUT2D eigenvalue weighted by Crippen LogP contribution is 2.16. The van der Waals surface area contributed by atoms with Gasteiger partial charge in [0.15, 0.2) is 0 Å². The average molecular weight is 279 g/mol. The van der Waals surface area contributed by atoms with Crippen molar-refractivity contribution in [2.24, 2.45) is 5.73 Å². The van der Waals surface area contributed by atoms with E-state index in [2.05, 4.69) is 4.72 Å². The summed E-state index contributed by atoms with van der Waals surface area (Å²) in [5.74, 6) is 0. The molecule has 0 radical (unpaired) electrons. The Labute approximate surface area is 109 Å². The molecule has 1 aromatic rings. The molecule has 1 rings (SSSR count). The Hall–Kier alpha value is -0.620. The predicted octanol–water partition coefficient (Wildman–Crippen LogP) is 1.35. The summed E-state index contributed by atoms with van der Waals surface area (Å²) < 4.78 is 26.6. The molecular formula is C11H19ClN2O2S. The molecule has 0 aliphatic heterocycles. The van der Waals surface area contributed by atoms with Gasteiger partial charge < -0.3 is 5.73 Å². The summed E-state index contributed by atoms with van der Waals surface area (Å²) in [5.41, 5.74) is 7.06. The normalized spacial score (nSPS) is 12.9. The molecule has 0 saturated carbocycles. The fourth-order valence-electron chi connectivity index (χ4n) is 1.37. The van der Waals surface area contributed by atoms with Crippen LogP contribution in [0.1, 0.15) is 18.1 Å². The molecule has 0 saturated heterocycles. The second-order valence-corrected chi connectivity index (χ2v) is 5.71. The molecule has 1 aromatic carbocycles. The maximum Gasteiger partial charge on any atom is 0.241 e. The Kier molecular flexibility index (Phi) is 6.12. The monoisotopic (exact) mass is 278 g/mol. The fraction of sp³-hybridized carbons (Fsp3) is 0.455. The first-order valence-corrected chi connectivity index (χ1v) is 6.65. The number of nitrogens with one attached hydrogen (secondary N) is 1. The van der Waals surface area contributed by atoms with Crippen LogP contribution in [0.2, 0.25) is 0 Å². The van der Waals surface area contributed by atoms with Gasteiger partial charge in [-0.2, -0.15) is 0 Å². The van der Waals surface area contributed by atoms with Crippen LogP contribution in [-0.4, -0.2) is 21.0 Å². The van der Waals surface area contributed by atoms with E-state index in [0.29, 0.717) is 4.90 Å². The Balaban J connectivity index is 0.00000256. The van der Waals surface area contributed by atoms with Gasteiger partial charge in [0.05, 0.1) is 4.90 Å². The van der Waals surface area contributed by atoms with Gasteiger partial charge in [0.2, 0.25) is 10.0 Å². The third kappa shape index (κ3) is 4.27. The third-order valence-electron chi connectivity index (χ3n) is 2.34. The van der Waals surface area contributed by atoms with Crippen LogP contribution in [0.15, 0.2) is 23.1 Å². The lowest BCUT2D eigenvalue weighted by molar-refractivity contribution is 0.562. The molecule has 0 heterocycles. The molecule has 4 nitrogen and oxygen atoms in total. The van der Waals surface area contributed by atoms with Crippen molar-refractivity contribution in [2.75, 3.05) is 6.54 Å². The molecule has 98 valence electrons. The van der Waals surface area contributed by atoms with Crippen LogP contribution < -0.4 is 10.5 Å². The summed E-state index contributed by atoms with van der Waals surface area (Å²) >= 11 is 0. The van der Waals surface area contributed by atoms with Gasteiger partial charge in [-0.15, -0.1) is 12.4 Å². The molecular weight excluding hydrogens is 260 g/mol. The molecule has 0 aliphatic rings. The van der Waals surface area contributed by atoms with E-state index in [1.54, 1.807) is 26.0 Å². The minimum Gasteiger partial charge on any atom is -0.329 e. The van der Waals surface area contributed by atoms with Crippen molar-refractivity contribution in [1.82, 2.24) is 4.72 Å². The van der Waals surface area contributed by atoms with E-state index in [1.807, 2.05) is 13.0 Å². The van der Waals surface area contributed by atoms with E-state index < -0.39 is 10.0 Å². The maximum absolute atomic E-state index is 12.0. The van der Waals surface area contributed by atoms with Crippen molar-refractivity contribution in [3.8, 4) is 0 Å². The summed E-state index contributed by atoms with van der Waals surface area (Å²) in [5, 5.41) is 0. The fourth-order valence-corrected chi connectivity index (χ4v) is 2.96. The Morgan fingerprint density at radius 1 is 1.35 bits per heavy atom. The lowest BCUT2D eigenvalue weighted by Gasteiger charge is -2.14. The predicted molar refractivity (Wildman–Crippen MR) is 72.0 cm³/mol. The van der Waals surface area contributed by atoms with E-state index in [0.717, 1.165) is 11.1 Å². The first-order chi connectivity index (χ1) is 7.36.